The fourth-order valence-electron chi connectivity index (χ4n) is 4.85. The monoisotopic (exact) mass is 543 g/mol. The van der Waals surface area contributed by atoms with Gasteiger partial charge in [-0.15, -0.1) is 5.10 Å². The van der Waals surface area contributed by atoms with Crippen LogP contribution in [0.5, 0.6) is 0 Å². The molecule has 3 N–H and O–H groups in total. The molecule has 0 saturated heterocycles. The van der Waals surface area contributed by atoms with Crippen molar-refractivity contribution in [2.75, 3.05) is 4.90 Å². The van der Waals surface area contributed by atoms with Crippen LogP contribution in [0.2, 0.25) is 5.02 Å². The number of halogens is 1. The van der Waals surface area contributed by atoms with E-state index < -0.39 is 11.6 Å². The summed E-state index contributed by atoms with van der Waals surface area (Å²) in [6, 6.07) is 20.8. The van der Waals surface area contributed by atoms with Crippen LogP contribution in [0, 0.1) is 0 Å². The van der Waals surface area contributed by atoms with E-state index in [9.17, 15) is 9.59 Å². The first kappa shape index (κ1) is 26.5. The number of carbonyl (C=O) groups excluding carboxylic acids is 2. The van der Waals surface area contributed by atoms with Gasteiger partial charge in [0, 0.05) is 28.2 Å². The maximum Gasteiger partial charge on any atom is 0.249 e. The minimum absolute atomic E-state index is 0.128. The highest BCUT2D eigenvalue weighted by atomic mass is 35.5. The molecule has 0 fully saturated rings. The average Bonchev–Trinajstić information content (AvgIpc) is 3.41. The Kier molecular flexibility index (Phi) is 7.45. The number of amides is 2. The van der Waals surface area contributed by atoms with Crippen molar-refractivity contribution in [3.63, 3.8) is 0 Å². The van der Waals surface area contributed by atoms with E-state index in [0.29, 0.717) is 24.4 Å². The maximum absolute atomic E-state index is 13.8. The second-order valence-corrected chi connectivity index (χ2v) is 10.9. The van der Waals surface area contributed by atoms with Gasteiger partial charge in [-0.1, -0.05) is 60.1 Å². The van der Waals surface area contributed by atoms with Crippen molar-refractivity contribution < 1.29 is 9.59 Å². The lowest BCUT2D eigenvalue weighted by Gasteiger charge is -2.27. The second-order valence-electron chi connectivity index (χ2n) is 10.5. The Bertz CT molecular complexity index is 1480. The predicted octanol–water partition coefficient (Wildman–Crippen LogP) is 4.07. The van der Waals surface area contributed by atoms with E-state index in [4.69, 9.17) is 17.3 Å². The lowest BCUT2D eigenvalue weighted by Crippen LogP contribution is -2.49. The number of nitrogens with two attached hydrogens (primary N) is 1. The molecule has 1 aliphatic heterocycles. The van der Waals surface area contributed by atoms with Gasteiger partial charge in [0.15, 0.2) is 0 Å². The van der Waals surface area contributed by atoms with Crippen LogP contribution in [-0.4, -0.2) is 43.6 Å². The van der Waals surface area contributed by atoms with Crippen molar-refractivity contribution in [2.24, 2.45) is 5.73 Å². The summed E-state index contributed by atoms with van der Waals surface area (Å²) in [5.74, 6) is -0.414. The zero-order valence-electron chi connectivity index (χ0n) is 21.8. The summed E-state index contributed by atoms with van der Waals surface area (Å²) < 4.78 is 1.63. The molecule has 0 radical (unpaired) electrons. The number of carbonyl (C=O) groups is 2. The molecule has 0 aliphatic carbocycles. The molecule has 2 amide bonds. The fourth-order valence-corrected chi connectivity index (χ4v) is 5.01. The molecule has 200 valence electrons. The van der Waals surface area contributed by atoms with Crippen molar-refractivity contribution in [1.29, 1.82) is 0 Å². The molecule has 0 spiro atoms. The number of anilines is 1. The molecule has 39 heavy (non-hydrogen) atoms. The molecule has 4 aromatic rings. The van der Waals surface area contributed by atoms with Gasteiger partial charge in [0.05, 0.1) is 12.2 Å². The van der Waals surface area contributed by atoms with E-state index in [1.165, 1.54) is 0 Å². The number of aromatic nitrogens is 4. The van der Waals surface area contributed by atoms with Crippen LogP contribution in [-0.2, 0) is 22.6 Å². The van der Waals surface area contributed by atoms with Crippen molar-refractivity contribution in [3.8, 4) is 16.8 Å². The molecule has 1 aromatic heterocycles. The fraction of sp³-hybridized carbons (Fsp3) is 0.276. The van der Waals surface area contributed by atoms with E-state index >= 15 is 0 Å². The number of hydrogen-bond acceptors (Lipinski definition) is 6. The number of tetrazole rings is 1. The number of fused-ring (bicyclic) bond motifs is 1. The Morgan fingerprint density at radius 2 is 1.87 bits per heavy atom. The van der Waals surface area contributed by atoms with Gasteiger partial charge in [-0.05, 0) is 72.0 Å². The summed E-state index contributed by atoms with van der Waals surface area (Å²) in [5.41, 5.74) is 10.9. The largest absolute Gasteiger partial charge is 0.344 e. The Morgan fingerprint density at radius 1 is 1.10 bits per heavy atom. The molecule has 2 heterocycles. The summed E-state index contributed by atoms with van der Waals surface area (Å²) in [5, 5.41) is 15.0. The maximum atomic E-state index is 13.8. The highest BCUT2D eigenvalue weighted by Gasteiger charge is 2.32. The first-order chi connectivity index (χ1) is 18.7. The van der Waals surface area contributed by atoms with Crippen molar-refractivity contribution in [2.45, 2.75) is 51.2 Å². The highest BCUT2D eigenvalue weighted by molar-refractivity contribution is 6.31. The number of benzene rings is 3. The molecular formula is C29H30ClN7O2. The Balaban J connectivity index is 1.42. The smallest absolute Gasteiger partial charge is 0.249 e. The van der Waals surface area contributed by atoms with Gasteiger partial charge >= 0.3 is 0 Å². The van der Waals surface area contributed by atoms with E-state index in [1.54, 1.807) is 29.8 Å². The van der Waals surface area contributed by atoms with Gasteiger partial charge in [0.2, 0.25) is 11.8 Å². The summed E-state index contributed by atoms with van der Waals surface area (Å²) in [6.45, 7) is 3.91. The van der Waals surface area contributed by atoms with Crippen LogP contribution in [0.25, 0.3) is 16.8 Å². The van der Waals surface area contributed by atoms with Crippen LogP contribution in [0.15, 0.2) is 73.1 Å². The van der Waals surface area contributed by atoms with Gasteiger partial charge in [-0.3, -0.25) is 9.59 Å². The SMILES string of the molecule is CC(C)(N)CC(=O)NC1CCc2ccc(Cl)cc2N(Cc2ccc(-c3ccccc3-n3cnnn3)cc2)C1=O. The number of nitrogens with zero attached hydrogens (tertiary/aromatic N) is 5. The molecule has 1 unspecified atom stereocenters. The first-order valence-corrected chi connectivity index (χ1v) is 13.2. The molecule has 1 aliphatic rings. The third-order valence-corrected chi connectivity index (χ3v) is 6.90. The predicted molar refractivity (Wildman–Crippen MR) is 150 cm³/mol. The summed E-state index contributed by atoms with van der Waals surface area (Å²) in [6.07, 6.45) is 2.82. The van der Waals surface area contributed by atoms with E-state index in [2.05, 4.69) is 20.8 Å². The number of nitrogens with one attached hydrogen (secondary N) is 1. The standard InChI is InChI=1S/C29H30ClN7O2/c1-29(2,31)16-27(38)33-24-14-12-21-11-13-22(30)15-26(21)36(28(24)39)17-19-7-9-20(10-8-19)23-5-3-4-6-25(23)37-18-32-34-35-37/h3-11,13,15,18,24H,12,14,16-17,31H2,1-2H3,(H,33,38). The average molecular weight is 544 g/mol. The number of aryl methyl sites for hydroxylation is 1. The highest BCUT2D eigenvalue weighted by Crippen LogP contribution is 2.32. The third-order valence-electron chi connectivity index (χ3n) is 6.66. The van der Waals surface area contributed by atoms with Gasteiger partial charge in [-0.2, -0.15) is 4.68 Å². The summed E-state index contributed by atoms with van der Waals surface area (Å²) in [4.78, 5) is 28.2. The zero-order chi connectivity index (χ0) is 27.6. The van der Waals surface area contributed by atoms with Gasteiger partial charge < -0.3 is 16.0 Å². The molecule has 10 heteroatoms. The Labute approximate surface area is 232 Å². The normalized spacial score (nSPS) is 15.5. The van der Waals surface area contributed by atoms with E-state index in [0.717, 1.165) is 33.6 Å². The van der Waals surface area contributed by atoms with Crippen LogP contribution in [0.1, 0.15) is 37.8 Å². The minimum atomic E-state index is -0.668. The Morgan fingerprint density at radius 3 is 2.59 bits per heavy atom. The topological polar surface area (TPSA) is 119 Å². The van der Waals surface area contributed by atoms with Crippen LogP contribution < -0.4 is 16.0 Å². The Hall–Kier alpha value is -4.08. The number of para-hydroxylation sites is 1. The van der Waals surface area contributed by atoms with Crippen LogP contribution in [0.3, 0.4) is 0 Å². The number of rotatable bonds is 7. The molecule has 0 saturated carbocycles. The van der Waals surface area contributed by atoms with Crippen molar-refractivity contribution >= 4 is 29.1 Å². The lowest BCUT2D eigenvalue weighted by molar-refractivity contribution is -0.128. The molecular weight excluding hydrogens is 514 g/mol. The second kappa shape index (κ2) is 11.0. The number of hydrogen-bond donors (Lipinski definition) is 2. The lowest BCUT2D eigenvalue weighted by atomic mass is 10.0. The first-order valence-electron chi connectivity index (χ1n) is 12.8. The molecule has 5 rings (SSSR count). The molecule has 0 bridgehead atoms. The zero-order valence-corrected chi connectivity index (χ0v) is 22.6. The third kappa shape index (κ3) is 6.16. The van der Waals surface area contributed by atoms with Crippen molar-refractivity contribution in [3.05, 3.63) is 89.2 Å². The van der Waals surface area contributed by atoms with Crippen LogP contribution in [0.4, 0.5) is 5.69 Å². The van der Waals surface area contributed by atoms with Gasteiger partial charge in [0.1, 0.15) is 12.4 Å². The van der Waals surface area contributed by atoms with Crippen molar-refractivity contribution in [1.82, 2.24) is 25.5 Å². The summed E-state index contributed by atoms with van der Waals surface area (Å²) in [7, 11) is 0. The molecule has 1 atom stereocenters. The van der Waals surface area contributed by atoms with Gasteiger partial charge in [0.25, 0.3) is 0 Å². The molecule has 9 nitrogen and oxygen atoms in total. The molecule has 3 aromatic carbocycles. The minimum Gasteiger partial charge on any atom is -0.344 e. The summed E-state index contributed by atoms with van der Waals surface area (Å²) >= 11 is 6.35. The van der Waals surface area contributed by atoms with Gasteiger partial charge in [-0.25, -0.2) is 0 Å². The quantitative estimate of drug-likeness (QED) is 0.362. The van der Waals surface area contributed by atoms with Crippen LogP contribution >= 0.6 is 11.6 Å². The van der Waals surface area contributed by atoms with E-state index in [-0.39, 0.29) is 18.2 Å². The van der Waals surface area contributed by atoms with E-state index in [1.807, 2.05) is 66.7 Å².